The number of piperidine rings is 1. The smallest absolute Gasteiger partial charge is 0.269 e. The van der Waals surface area contributed by atoms with Gasteiger partial charge >= 0.3 is 0 Å². The number of aliphatic hydroxyl groups excluding tert-OH is 1. The predicted octanol–water partition coefficient (Wildman–Crippen LogP) is 2.19. The van der Waals surface area contributed by atoms with Gasteiger partial charge in [-0.2, -0.15) is 0 Å². The number of rotatable bonds is 4. The van der Waals surface area contributed by atoms with Crippen LogP contribution in [0.15, 0.2) is 24.3 Å². The molecular formula is C14H20N2O3. The molecule has 0 saturated carbocycles. The van der Waals surface area contributed by atoms with E-state index in [-0.39, 0.29) is 17.2 Å². The number of hydrogen-bond donors (Lipinski definition) is 1. The van der Waals surface area contributed by atoms with Crippen molar-refractivity contribution in [2.45, 2.75) is 32.4 Å². The normalized spacial score (nSPS) is 24.3. The zero-order valence-corrected chi connectivity index (χ0v) is 11.2. The number of nitrogens with zero attached hydrogens (tertiary/aromatic N) is 2. The molecule has 1 aliphatic rings. The molecule has 5 nitrogen and oxygen atoms in total. The molecule has 1 aromatic rings. The van der Waals surface area contributed by atoms with Crippen molar-refractivity contribution < 1.29 is 10.0 Å². The van der Waals surface area contributed by atoms with Crippen LogP contribution in [0.3, 0.4) is 0 Å². The third-order valence-electron chi connectivity index (χ3n) is 3.87. The van der Waals surface area contributed by atoms with Gasteiger partial charge in [-0.3, -0.25) is 15.0 Å². The number of non-ortho nitro benzene ring substituents is 1. The van der Waals surface area contributed by atoms with Gasteiger partial charge in [0.2, 0.25) is 0 Å². The van der Waals surface area contributed by atoms with Crippen LogP contribution in [0.2, 0.25) is 0 Å². The Kier molecular flexibility index (Phi) is 4.50. The van der Waals surface area contributed by atoms with Crippen LogP contribution in [0.4, 0.5) is 5.69 Å². The molecule has 104 valence electrons. The van der Waals surface area contributed by atoms with Gasteiger partial charge < -0.3 is 5.11 Å². The van der Waals surface area contributed by atoms with Gasteiger partial charge in [-0.1, -0.05) is 12.1 Å². The summed E-state index contributed by atoms with van der Waals surface area (Å²) in [6, 6.07) is 7.25. The Morgan fingerprint density at radius 1 is 1.47 bits per heavy atom. The minimum Gasteiger partial charge on any atom is -0.396 e. The van der Waals surface area contributed by atoms with Crippen molar-refractivity contribution in [3.05, 3.63) is 39.9 Å². The third kappa shape index (κ3) is 3.52. The Balaban J connectivity index is 2.06. The zero-order chi connectivity index (χ0) is 13.8. The number of benzene rings is 1. The Bertz CT molecular complexity index is 450. The van der Waals surface area contributed by atoms with E-state index in [9.17, 15) is 15.2 Å². The van der Waals surface area contributed by atoms with Gasteiger partial charge in [-0.25, -0.2) is 0 Å². The summed E-state index contributed by atoms with van der Waals surface area (Å²) in [6.45, 7) is 3.96. The molecule has 5 heteroatoms. The van der Waals surface area contributed by atoms with Crippen LogP contribution in [0.5, 0.6) is 0 Å². The summed E-state index contributed by atoms with van der Waals surface area (Å²) >= 11 is 0. The fourth-order valence-electron chi connectivity index (χ4n) is 2.63. The lowest BCUT2D eigenvalue weighted by Gasteiger charge is -2.37. The first kappa shape index (κ1) is 14.0. The van der Waals surface area contributed by atoms with Crippen molar-refractivity contribution in [3.8, 4) is 0 Å². The van der Waals surface area contributed by atoms with E-state index in [1.807, 2.05) is 6.07 Å². The molecule has 2 unspecified atom stereocenters. The first-order chi connectivity index (χ1) is 9.10. The summed E-state index contributed by atoms with van der Waals surface area (Å²) < 4.78 is 0. The van der Waals surface area contributed by atoms with Crippen LogP contribution in [-0.2, 0) is 6.54 Å². The molecule has 1 heterocycles. The van der Waals surface area contributed by atoms with Gasteiger partial charge in [0.1, 0.15) is 0 Å². The highest BCUT2D eigenvalue weighted by molar-refractivity contribution is 5.34. The summed E-state index contributed by atoms with van der Waals surface area (Å²) in [5.41, 5.74) is 1.10. The number of hydrogen-bond acceptors (Lipinski definition) is 4. The molecule has 1 N–H and O–H groups in total. The summed E-state index contributed by atoms with van der Waals surface area (Å²) in [5.74, 6) is 0.329. The highest BCUT2D eigenvalue weighted by Crippen LogP contribution is 2.24. The molecule has 0 spiro atoms. The average molecular weight is 264 g/mol. The largest absolute Gasteiger partial charge is 0.396 e. The van der Waals surface area contributed by atoms with Crippen LogP contribution in [-0.4, -0.2) is 34.1 Å². The monoisotopic (exact) mass is 264 g/mol. The quantitative estimate of drug-likeness (QED) is 0.668. The number of likely N-dealkylation sites (tertiary alicyclic amines) is 1. The van der Waals surface area contributed by atoms with Crippen LogP contribution < -0.4 is 0 Å². The van der Waals surface area contributed by atoms with Crippen molar-refractivity contribution in [2.24, 2.45) is 5.92 Å². The molecule has 0 radical (unpaired) electrons. The van der Waals surface area contributed by atoms with E-state index in [2.05, 4.69) is 11.8 Å². The van der Waals surface area contributed by atoms with E-state index in [1.54, 1.807) is 12.1 Å². The van der Waals surface area contributed by atoms with E-state index in [1.165, 1.54) is 6.07 Å². The van der Waals surface area contributed by atoms with Crippen molar-refractivity contribution >= 4 is 5.69 Å². The molecule has 19 heavy (non-hydrogen) atoms. The molecular weight excluding hydrogens is 244 g/mol. The molecule has 1 aliphatic heterocycles. The highest BCUT2D eigenvalue weighted by atomic mass is 16.6. The fraction of sp³-hybridized carbons (Fsp3) is 0.571. The van der Waals surface area contributed by atoms with Gasteiger partial charge in [0, 0.05) is 37.9 Å². The lowest BCUT2D eigenvalue weighted by Crippen LogP contribution is -2.42. The van der Waals surface area contributed by atoms with E-state index in [4.69, 9.17) is 0 Å². The highest BCUT2D eigenvalue weighted by Gasteiger charge is 2.25. The lowest BCUT2D eigenvalue weighted by atomic mass is 9.93. The topological polar surface area (TPSA) is 66.6 Å². The Labute approximate surface area is 113 Å². The van der Waals surface area contributed by atoms with E-state index >= 15 is 0 Å². The predicted molar refractivity (Wildman–Crippen MR) is 72.8 cm³/mol. The molecule has 0 amide bonds. The first-order valence-corrected chi connectivity index (χ1v) is 6.68. The minimum absolute atomic E-state index is 0.140. The van der Waals surface area contributed by atoms with Gasteiger partial charge in [-0.05, 0) is 31.2 Å². The average Bonchev–Trinajstić information content (AvgIpc) is 2.41. The fourth-order valence-corrected chi connectivity index (χ4v) is 2.63. The Morgan fingerprint density at radius 2 is 2.26 bits per heavy atom. The van der Waals surface area contributed by atoms with Gasteiger partial charge in [0.15, 0.2) is 0 Å². The van der Waals surface area contributed by atoms with Crippen molar-refractivity contribution in [1.82, 2.24) is 4.90 Å². The molecule has 1 aromatic carbocycles. The number of aliphatic hydroxyl groups is 1. The van der Waals surface area contributed by atoms with Crippen LogP contribution in [0.25, 0.3) is 0 Å². The summed E-state index contributed by atoms with van der Waals surface area (Å²) in [6.07, 6.45) is 2.13. The van der Waals surface area contributed by atoms with Gasteiger partial charge in [0.25, 0.3) is 5.69 Å². The van der Waals surface area contributed by atoms with Crippen molar-refractivity contribution in [2.75, 3.05) is 13.2 Å². The van der Waals surface area contributed by atoms with Crippen LogP contribution in [0, 0.1) is 16.0 Å². The maximum Gasteiger partial charge on any atom is 0.269 e. The minimum atomic E-state index is -0.361. The van der Waals surface area contributed by atoms with Crippen molar-refractivity contribution in [1.29, 1.82) is 0 Å². The van der Waals surface area contributed by atoms with Gasteiger partial charge in [0.05, 0.1) is 4.92 Å². The van der Waals surface area contributed by atoms with Gasteiger partial charge in [-0.15, -0.1) is 0 Å². The Hall–Kier alpha value is -1.46. The van der Waals surface area contributed by atoms with E-state index in [0.29, 0.717) is 18.5 Å². The van der Waals surface area contributed by atoms with Crippen LogP contribution >= 0.6 is 0 Å². The molecule has 2 rings (SSSR count). The van der Waals surface area contributed by atoms with E-state index in [0.717, 1.165) is 24.9 Å². The lowest BCUT2D eigenvalue weighted by molar-refractivity contribution is -0.384. The zero-order valence-electron chi connectivity index (χ0n) is 11.2. The number of nitro groups is 1. The maximum atomic E-state index is 10.8. The second-order valence-electron chi connectivity index (χ2n) is 5.33. The molecule has 0 bridgehead atoms. The molecule has 1 fully saturated rings. The molecule has 2 atom stereocenters. The molecule has 0 aromatic heterocycles. The third-order valence-corrected chi connectivity index (χ3v) is 3.87. The van der Waals surface area contributed by atoms with Crippen molar-refractivity contribution in [3.63, 3.8) is 0 Å². The number of nitro benzene ring substituents is 1. The summed E-state index contributed by atoms with van der Waals surface area (Å²) in [7, 11) is 0. The molecule has 1 saturated heterocycles. The maximum absolute atomic E-state index is 10.8. The summed E-state index contributed by atoms with van der Waals surface area (Å²) in [5, 5.41) is 20.0. The first-order valence-electron chi connectivity index (χ1n) is 6.68. The summed E-state index contributed by atoms with van der Waals surface area (Å²) in [4.78, 5) is 12.7. The second-order valence-corrected chi connectivity index (χ2v) is 5.33. The van der Waals surface area contributed by atoms with Crippen LogP contribution in [0.1, 0.15) is 25.3 Å². The Morgan fingerprint density at radius 3 is 2.95 bits per heavy atom. The second kappa shape index (κ2) is 6.12. The SMILES string of the molecule is CC1CCC(CO)CN1Cc1cccc([N+](=O)[O-])c1. The van der Waals surface area contributed by atoms with E-state index < -0.39 is 0 Å². The molecule has 0 aliphatic carbocycles. The standard InChI is InChI=1S/C14H20N2O3/c1-11-5-6-13(10-17)9-15(11)8-12-3-2-4-14(7-12)16(18)19/h2-4,7,11,13,17H,5-6,8-10H2,1H3.